The van der Waals surface area contributed by atoms with Gasteiger partial charge in [0.15, 0.2) is 0 Å². The predicted octanol–water partition coefficient (Wildman–Crippen LogP) is 6.79. The van der Waals surface area contributed by atoms with Crippen LogP contribution >= 0.6 is 15.9 Å². The molecule has 0 unspecified atom stereocenters. The molecule has 0 aliphatic rings. The molecule has 0 aliphatic heterocycles. The average Bonchev–Trinajstić information content (AvgIpc) is 2.61. The van der Waals surface area contributed by atoms with Gasteiger partial charge < -0.3 is 0 Å². The van der Waals surface area contributed by atoms with Gasteiger partial charge in [0.25, 0.3) is 0 Å². The molecule has 0 atom stereocenters. The van der Waals surface area contributed by atoms with E-state index in [0.29, 0.717) is 0 Å². The molecular weight excluding hydrogens is 344 g/mol. The van der Waals surface area contributed by atoms with Crippen LogP contribution in [0.3, 0.4) is 0 Å². The highest BCUT2D eigenvalue weighted by atomic mass is 79.9. The molecule has 0 spiro atoms. The van der Waals surface area contributed by atoms with Gasteiger partial charge in [-0.3, -0.25) is 0 Å². The summed E-state index contributed by atoms with van der Waals surface area (Å²) in [5.74, 6) is 0. The van der Waals surface area contributed by atoms with Crippen LogP contribution in [0.4, 0.5) is 0 Å². The molecule has 0 amide bonds. The maximum Gasteiger partial charge on any atom is 0.0253 e. The van der Waals surface area contributed by atoms with Crippen LogP contribution in [0.15, 0.2) is 83.3 Å². The van der Waals surface area contributed by atoms with Crippen molar-refractivity contribution in [2.75, 3.05) is 0 Å². The van der Waals surface area contributed by atoms with E-state index in [1.807, 2.05) is 36.4 Å². The molecule has 0 nitrogen and oxygen atoms in total. The first kappa shape index (κ1) is 15.5. The van der Waals surface area contributed by atoms with Gasteiger partial charge in [-0.15, -0.1) is 0 Å². The second-order valence-electron chi connectivity index (χ2n) is 5.27. The van der Waals surface area contributed by atoms with Gasteiger partial charge in [-0.25, -0.2) is 0 Å². The summed E-state index contributed by atoms with van der Waals surface area (Å²) in [5, 5.41) is 0. The molecular formula is C22H17Br. The van der Waals surface area contributed by atoms with Crippen molar-refractivity contribution in [2.45, 2.75) is 0 Å². The average molecular weight is 361 g/mol. The first-order valence-corrected chi connectivity index (χ1v) is 8.36. The van der Waals surface area contributed by atoms with Crippen LogP contribution in [-0.4, -0.2) is 0 Å². The van der Waals surface area contributed by atoms with Crippen molar-refractivity contribution in [3.05, 3.63) is 106 Å². The normalized spacial score (nSPS) is 11.3. The van der Waals surface area contributed by atoms with Crippen LogP contribution in [0.2, 0.25) is 0 Å². The van der Waals surface area contributed by atoms with E-state index in [9.17, 15) is 0 Å². The summed E-state index contributed by atoms with van der Waals surface area (Å²) < 4.78 is 1.10. The Labute approximate surface area is 145 Å². The first-order valence-electron chi connectivity index (χ1n) is 7.57. The van der Waals surface area contributed by atoms with Crippen molar-refractivity contribution in [2.24, 2.45) is 0 Å². The third-order valence-electron chi connectivity index (χ3n) is 3.55. The third-order valence-corrected chi connectivity index (χ3v) is 4.23. The van der Waals surface area contributed by atoms with Crippen molar-refractivity contribution < 1.29 is 0 Å². The Hall–Kier alpha value is -2.38. The SMILES string of the molecule is Brc1cc(/C=C\c2ccccc2)ccc1/C=C\c1ccccc1. The lowest BCUT2D eigenvalue weighted by Gasteiger charge is -2.01. The minimum atomic E-state index is 1.10. The molecule has 0 saturated carbocycles. The summed E-state index contributed by atoms with van der Waals surface area (Å²) in [7, 11) is 0. The first-order chi connectivity index (χ1) is 11.3. The predicted molar refractivity (Wildman–Crippen MR) is 105 cm³/mol. The Bertz CT molecular complexity index is 815. The van der Waals surface area contributed by atoms with Crippen LogP contribution in [0, 0.1) is 0 Å². The van der Waals surface area contributed by atoms with Gasteiger partial charge in [0.05, 0.1) is 0 Å². The highest BCUT2D eigenvalue weighted by molar-refractivity contribution is 9.10. The van der Waals surface area contributed by atoms with Crippen molar-refractivity contribution in [3.63, 3.8) is 0 Å². The van der Waals surface area contributed by atoms with Gasteiger partial charge in [-0.1, -0.05) is 113 Å². The van der Waals surface area contributed by atoms with Gasteiger partial charge >= 0.3 is 0 Å². The molecule has 23 heavy (non-hydrogen) atoms. The number of hydrogen-bond acceptors (Lipinski definition) is 0. The smallest absolute Gasteiger partial charge is 0.0253 e. The summed E-state index contributed by atoms with van der Waals surface area (Å²) in [6.07, 6.45) is 8.51. The summed E-state index contributed by atoms with van der Waals surface area (Å²) in [6.45, 7) is 0. The fourth-order valence-corrected chi connectivity index (χ4v) is 2.82. The van der Waals surface area contributed by atoms with E-state index in [1.54, 1.807) is 0 Å². The minimum Gasteiger partial charge on any atom is -0.0622 e. The molecule has 1 heteroatoms. The molecule has 0 radical (unpaired) electrons. The molecule has 0 bridgehead atoms. The molecule has 0 heterocycles. The molecule has 112 valence electrons. The maximum absolute atomic E-state index is 3.66. The molecule has 0 N–H and O–H groups in total. The molecule has 3 aromatic carbocycles. The monoisotopic (exact) mass is 360 g/mol. The number of benzene rings is 3. The van der Waals surface area contributed by atoms with Crippen molar-refractivity contribution in [3.8, 4) is 0 Å². The van der Waals surface area contributed by atoms with E-state index in [4.69, 9.17) is 0 Å². The van der Waals surface area contributed by atoms with Crippen LogP contribution in [0.25, 0.3) is 24.3 Å². The van der Waals surface area contributed by atoms with Gasteiger partial charge in [0.1, 0.15) is 0 Å². The number of rotatable bonds is 4. The maximum atomic E-state index is 3.66. The van der Waals surface area contributed by atoms with Crippen molar-refractivity contribution in [1.29, 1.82) is 0 Å². The topological polar surface area (TPSA) is 0 Å². The quantitative estimate of drug-likeness (QED) is 0.449. The van der Waals surface area contributed by atoms with Crippen molar-refractivity contribution in [1.82, 2.24) is 0 Å². The zero-order valence-electron chi connectivity index (χ0n) is 12.7. The lowest BCUT2D eigenvalue weighted by molar-refractivity contribution is 1.57. The fraction of sp³-hybridized carbons (Fsp3) is 0. The van der Waals surface area contributed by atoms with Crippen LogP contribution in [-0.2, 0) is 0 Å². The lowest BCUT2D eigenvalue weighted by atomic mass is 10.1. The zero-order valence-corrected chi connectivity index (χ0v) is 14.3. The van der Waals surface area contributed by atoms with Gasteiger partial charge in [-0.2, -0.15) is 0 Å². The Morgan fingerprint density at radius 3 is 1.61 bits per heavy atom. The molecule has 3 aromatic rings. The van der Waals surface area contributed by atoms with Gasteiger partial charge in [-0.05, 0) is 28.3 Å². The highest BCUT2D eigenvalue weighted by Crippen LogP contribution is 2.22. The van der Waals surface area contributed by atoms with Gasteiger partial charge in [0, 0.05) is 4.47 Å². The highest BCUT2D eigenvalue weighted by Gasteiger charge is 1.97. The van der Waals surface area contributed by atoms with E-state index < -0.39 is 0 Å². The second-order valence-corrected chi connectivity index (χ2v) is 6.12. The minimum absolute atomic E-state index is 1.10. The summed E-state index contributed by atoms with van der Waals surface area (Å²) in [5.41, 5.74) is 4.76. The lowest BCUT2D eigenvalue weighted by Crippen LogP contribution is -1.79. The Kier molecular flexibility index (Phi) is 5.23. The Balaban J connectivity index is 1.76. The largest absolute Gasteiger partial charge is 0.0622 e. The van der Waals surface area contributed by atoms with Crippen molar-refractivity contribution >= 4 is 40.2 Å². The van der Waals surface area contributed by atoms with Gasteiger partial charge in [0.2, 0.25) is 0 Å². The molecule has 0 aliphatic carbocycles. The third kappa shape index (κ3) is 4.54. The fourth-order valence-electron chi connectivity index (χ4n) is 2.29. The Morgan fingerprint density at radius 2 is 1.04 bits per heavy atom. The number of hydrogen-bond donors (Lipinski definition) is 0. The van der Waals surface area contributed by atoms with Crippen LogP contribution < -0.4 is 0 Å². The standard InChI is InChI=1S/C22H17Br/c23-22-17-20(12-11-18-7-3-1-4-8-18)14-16-21(22)15-13-19-9-5-2-6-10-19/h1-17H/b12-11-,15-13-. The second kappa shape index (κ2) is 7.75. The van der Waals surface area contributed by atoms with E-state index in [2.05, 4.69) is 82.7 Å². The van der Waals surface area contributed by atoms with E-state index in [0.717, 1.165) is 4.47 Å². The molecule has 0 fully saturated rings. The van der Waals surface area contributed by atoms with E-state index in [1.165, 1.54) is 22.3 Å². The van der Waals surface area contributed by atoms with E-state index >= 15 is 0 Å². The summed E-state index contributed by atoms with van der Waals surface area (Å²) in [6, 6.07) is 27.1. The molecule has 3 rings (SSSR count). The summed E-state index contributed by atoms with van der Waals surface area (Å²) in [4.78, 5) is 0. The number of halogens is 1. The zero-order chi connectivity index (χ0) is 15.9. The molecule has 0 aromatic heterocycles. The molecule has 0 saturated heterocycles. The van der Waals surface area contributed by atoms with Crippen LogP contribution in [0.5, 0.6) is 0 Å². The Morgan fingerprint density at radius 1 is 0.522 bits per heavy atom. The van der Waals surface area contributed by atoms with Crippen LogP contribution in [0.1, 0.15) is 22.3 Å². The summed E-state index contributed by atoms with van der Waals surface area (Å²) >= 11 is 3.66. The van der Waals surface area contributed by atoms with E-state index in [-0.39, 0.29) is 0 Å².